The summed E-state index contributed by atoms with van der Waals surface area (Å²) in [5.41, 5.74) is 2.92. The number of anilines is 1. The van der Waals surface area contributed by atoms with Gasteiger partial charge in [0.05, 0.1) is 17.0 Å². The van der Waals surface area contributed by atoms with E-state index in [2.05, 4.69) is 15.2 Å². The van der Waals surface area contributed by atoms with E-state index in [4.69, 9.17) is 28.2 Å². The standard InChI is InChI=1S/C32H28Cl2N4O2/c33-19-11-9-17(10-12-19)27-26-15-18-5-1-4-8-25(18)38(26)32(21-14-13-20(34)16-24(21)37-31(32)40)28(27)29(39)30-35-22-6-2-3-7-23(22)36-30/h2-3,6-7,9-14,16,18,25-28H,1,4-5,8,15H2,(H,35,36)(H,37,40)/t18?,25-,26?,27?,28?,32-/m1/s1. The second kappa shape index (κ2) is 8.90. The molecule has 0 radical (unpaired) electrons. The smallest absolute Gasteiger partial charge is 0.250 e. The summed E-state index contributed by atoms with van der Waals surface area (Å²) >= 11 is 12.7. The number of benzene rings is 3. The summed E-state index contributed by atoms with van der Waals surface area (Å²) in [6.07, 6.45) is 5.47. The second-order valence-electron chi connectivity index (χ2n) is 11.8. The molecule has 4 aromatic rings. The van der Waals surface area contributed by atoms with Crippen molar-refractivity contribution < 1.29 is 9.59 Å². The molecule has 0 bridgehead atoms. The lowest BCUT2D eigenvalue weighted by Crippen LogP contribution is -2.56. The van der Waals surface area contributed by atoms with Gasteiger partial charge >= 0.3 is 0 Å². The Hall–Kier alpha value is -3.19. The van der Waals surface area contributed by atoms with Gasteiger partial charge < -0.3 is 10.3 Å². The van der Waals surface area contributed by atoms with Gasteiger partial charge in [0, 0.05) is 39.3 Å². The van der Waals surface area contributed by atoms with Crippen molar-refractivity contribution in [2.75, 3.05) is 5.32 Å². The lowest BCUT2D eigenvalue weighted by molar-refractivity contribution is -0.129. The SMILES string of the molecule is O=C(c1nc2ccccc2[nH]1)C1C(c2ccc(Cl)cc2)C2CC3CCCC[C@H]3N2[C@@]12C(=O)Nc1cc(Cl)ccc12. The summed E-state index contributed by atoms with van der Waals surface area (Å²) in [6, 6.07) is 21.3. The Bertz CT molecular complexity index is 1650. The Balaban J connectivity index is 1.40. The molecule has 3 aliphatic heterocycles. The van der Waals surface area contributed by atoms with Gasteiger partial charge in [-0.15, -0.1) is 0 Å². The first-order valence-corrected chi connectivity index (χ1v) is 14.9. The third kappa shape index (κ3) is 3.30. The average molecular weight is 572 g/mol. The number of halogens is 2. The van der Waals surface area contributed by atoms with Crippen LogP contribution < -0.4 is 5.32 Å². The highest BCUT2D eigenvalue weighted by molar-refractivity contribution is 6.31. The van der Waals surface area contributed by atoms with E-state index in [9.17, 15) is 9.59 Å². The number of para-hydroxylation sites is 2. The summed E-state index contributed by atoms with van der Waals surface area (Å²) in [5, 5.41) is 4.35. The number of ketones is 1. The van der Waals surface area contributed by atoms with Crippen LogP contribution in [0, 0.1) is 11.8 Å². The Labute approximate surface area is 242 Å². The molecule has 2 N–H and O–H groups in total. The number of hydrogen-bond donors (Lipinski definition) is 2. The summed E-state index contributed by atoms with van der Waals surface area (Å²) in [4.78, 5) is 39.9. The van der Waals surface area contributed by atoms with Crippen LogP contribution in [0.3, 0.4) is 0 Å². The van der Waals surface area contributed by atoms with Crippen LogP contribution in [0.1, 0.15) is 59.8 Å². The van der Waals surface area contributed by atoms with Crippen LogP contribution in [0.15, 0.2) is 66.7 Å². The molecule has 1 aromatic heterocycles. The van der Waals surface area contributed by atoms with Crippen LogP contribution in [-0.4, -0.2) is 38.6 Å². The highest BCUT2D eigenvalue weighted by Crippen LogP contribution is 2.64. The highest BCUT2D eigenvalue weighted by Gasteiger charge is 2.72. The monoisotopic (exact) mass is 570 g/mol. The summed E-state index contributed by atoms with van der Waals surface area (Å²) in [7, 11) is 0. The molecule has 4 aliphatic rings. The minimum atomic E-state index is -1.16. The molecule has 8 heteroatoms. The molecule has 2 saturated heterocycles. The van der Waals surface area contributed by atoms with Crippen LogP contribution in [0.25, 0.3) is 11.0 Å². The number of aromatic nitrogens is 2. The van der Waals surface area contributed by atoms with Crippen molar-refractivity contribution in [2.45, 2.75) is 55.6 Å². The van der Waals surface area contributed by atoms with E-state index >= 15 is 0 Å². The number of fused-ring (bicyclic) bond motifs is 7. The molecular formula is C32H28Cl2N4O2. The molecule has 6 atom stereocenters. The Morgan fingerprint density at radius 2 is 1.73 bits per heavy atom. The third-order valence-electron chi connectivity index (χ3n) is 9.91. The summed E-state index contributed by atoms with van der Waals surface area (Å²) < 4.78 is 0. The number of carbonyl (C=O) groups is 2. The van der Waals surface area contributed by atoms with Gasteiger partial charge in [0.15, 0.2) is 5.82 Å². The zero-order valence-corrected chi connectivity index (χ0v) is 23.3. The van der Waals surface area contributed by atoms with Crippen LogP contribution in [0.5, 0.6) is 0 Å². The lowest BCUT2D eigenvalue weighted by atomic mass is 9.68. The van der Waals surface area contributed by atoms with Crippen molar-refractivity contribution in [1.82, 2.24) is 14.9 Å². The molecule has 4 heterocycles. The molecule has 1 aliphatic carbocycles. The minimum absolute atomic E-state index is 0.0278. The number of nitrogens with one attached hydrogen (secondary N) is 2. The molecule has 1 amide bonds. The Morgan fingerprint density at radius 1 is 0.950 bits per heavy atom. The topological polar surface area (TPSA) is 78.1 Å². The maximum Gasteiger partial charge on any atom is 0.250 e. The first kappa shape index (κ1) is 24.6. The number of hydrogen-bond acceptors (Lipinski definition) is 4. The van der Waals surface area contributed by atoms with Crippen molar-refractivity contribution in [1.29, 1.82) is 0 Å². The van der Waals surface area contributed by atoms with Gasteiger partial charge in [0.1, 0.15) is 5.54 Å². The van der Waals surface area contributed by atoms with Crippen LogP contribution in [-0.2, 0) is 10.3 Å². The molecule has 8 rings (SSSR count). The number of nitrogens with zero attached hydrogens (tertiary/aromatic N) is 2. The first-order valence-electron chi connectivity index (χ1n) is 14.1. The van der Waals surface area contributed by atoms with E-state index < -0.39 is 11.5 Å². The van der Waals surface area contributed by atoms with E-state index in [-0.39, 0.29) is 29.7 Å². The van der Waals surface area contributed by atoms with Crippen molar-refractivity contribution in [3.8, 4) is 0 Å². The van der Waals surface area contributed by atoms with E-state index in [0.29, 0.717) is 27.5 Å². The van der Waals surface area contributed by atoms with Crippen LogP contribution >= 0.6 is 23.2 Å². The predicted molar refractivity (Wildman–Crippen MR) is 156 cm³/mol. The molecule has 1 spiro atoms. The van der Waals surface area contributed by atoms with E-state index in [0.717, 1.165) is 47.8 Å². The maximum absolute atomic E-state index is 14.9. The zero-order chi connectivity index (χ0) is 27.2. The average Bonchev–Trinajstić information content (AvgIpc) is 3.69. The van der Waals surface area contributed by atoms with E-state index in [1.165, 1.54) is 6.42 Å². The molecule has 1 saturated carbocycles. The quantitative estimate of drug-likeness (QED) is 0.261. The molecule has 3 aromatic carbocycles. The fourth-order valence-corrected chi connectivity index (χ4v) is 8.81. The zero-order valence-electron chi connectivity index (χ0n) is 21.7. The number of carbonyl (C=O) groups excluding carboxylic acids is 2. The fraction of sp³-hybridized carbons (Fsp3) is 0.344. The molecule has 202 valence electrons. The molecule has 3 fully saturated rings. The van der Waals surface area contributed by atoms with Gasteiger partial charge in [-0.25, -0.2) is 4.98 Å². The molecule has 40 heavy (non-hydrogen) atoms. The van der Waals surface area contributed by atoms with Gasteiger partial charge in [0.25, 0.3) is 0 Å². The van der Waals surface area contributed by atoms with Crippen LogP contribution in [0.4, 0.5) is 5.69 Å². The highest BCUT2D eigenvalue weighted by atomic mass is 35.5. The van der Waals surface area contributed by atoms with Crippen molar-refractivity contribution in [3.05, 3.63) is 93.7 Å². The number of rotatable bonds is 3. The fourth-order valence-electron chi connectivity index (χ4n) is 8.51. The summed E-state index contributed by atoms with van der Waals surface area (Å²) in [6.45, 7) is 0. The van der Waals surface area contributed by atoms with Crippen molar-refractivity contribution >= 4 is 51.6 Å². The first-order chi connectivity index (χ1) is 19.5. The number of amides is 1. The summed E-state index contributed by atoms with van der Waals surface area (Å²) in [5.74, 6) is -0.402. The molecular weight excluding hydrogens is 543 g/mol. The predicted octanol–water partition coefficient (Wildman–Crippen LogP) is 6.95. The number of imidazole rings is 1. The second-order valence-corrected chi connectivity index (χ2v) is 12.6. The van der Waals surface area contributed by atoms with Gasteiger partial charge in [0.2, 0.25) is 11.7 Å². The van der Waals surface area contributed by atoms with Gasteiger partial charge in [-0.2, -0.15) is 0 Å². The Morgan fingerprint density at radius 3 is 2.55 bits per heavy atom. The van der Waals surface area contributed by atoms with E-state index in [1.54, 1.807) is 0 Å². The number of H-pyrrole nitrogens is 1. The Kier molecular flexibility index (Phi) is 5.47. The van der Waals surface area contributed by atoms with Crippen LogP contribution in [0.2, 0.25) is 10.0 Å². The number of Topliss-reactive ketones (excluding diaryl/α,β-unsaturated/α-hetero) is 1. The molecule has 6 nitrogen and oxygen atoms in total. The third-order valence-corrected chi connectivity index (χ3v) is 10.4. The van der Waals surface area contributed by atoms with Gasteiger partial charge in [-0.3, -0.25) is 14.5 Å². The van der Waals surface area contributed by atoms with Crippen molar-refractivity contribution in [2.24, 2.45) is 11.8 Å². The molecule has 4 unspecified atom stereocenters. The number of aromatic amines is 1. The van der Waals surface area contributed by atoms with Gasteiger partial charge in [-0.05, 0) is 67.1 Å². The van der Waals surface area contributed by atoms with E-state index in [1.807, 2.05) is 66.7 Å². The lowest BCUT2D eigenvalue weighted by Gasteiger charge is -2.42. The van der Waals surface area contributed by atoms with Crippen molar-refractivity contribution in [3.63, 3.8) is 0 Å². The maximum atomic E-state index is 14.9. The minimum Gasteiger partial charge on any atom is -0.335 e. The van der Waals surface area contributed by atoms with Gasteiger partial charge in [-0.1, -0.05) is 66.4 Å². The largest absolute Gasteiger partial charge is 0.335 e. The normalized spacial score (nSPS) is 30.9.